The van der Waals surface area contributed by atoms with E-state index in [0.717, 1.165) is 10.5 Å². The first kappa shape index (κ1) is 14.7. The summed E-state index contributed by atoms with van der Waals surface area (Å²) in [5.74, 6) is -0.608. The number of hydrogen-bond donors (Lipinski definition) is 1. The first-order valence-electron chi connectivity index (χ1n) is 4.66. The minimum absolute atomic E-state index is 0.0651. The Morgan fingerprint density at radius 1 is 1.35 bits per heavy atom. The summed E-state index contributed by atoms with van der Waals surface area (Å²) in [6.07, 6.45) is 1.63. The molecule has 6 heteroatoms. The van der Waals surface area contributed by atoms with Crippen molar-refractivity contribution < 1.29 is 14.6 Å². The molecule has 0 spiro atoms. The Hall–Kier alpha value is -0.330. The summed E-state index contributed by atoms with van der Waals surface area (Å²) in [6.45, 7) is 5.19. The van der Waals surface area contributed by atoms with Crippen LogP contribution in [0.1, 0.15) is 12.5 Å². The van der Waals surface area contributed by atoms with E-state index in [1.165, 1.54) is 0 Å². The van der Waals surface area contributed by atoms with Gasteiger partial charge in [-0.15, -0.1) is 0 Å². The molecule has 0 aromatic heterocycles. The van der Waals surface area contributed by atoms with Crippen molar-refractivity contribution >= 4 is 53.8 Å². The number of rotatable bonds is 3. The molecule has 0 saturated carbocycles. The van der Waals surface area contributed by atoms with Crippen LogP contribution >= 0.6 is 47.8 Å². The summed E-state index contributed by atoms with van der Waals surface area (Å²) < 4.78 is 6.87. The third kappa shape index (κ3) is 2.92. The van der Waals surface area contributed by atoms with Gasteiger partial charge in [0.15, 0.2) is 11.5 Å². The monoisotopic (exact) mass is 426 g/mol. The van der Waals surface area contributed by atoms with E-state index in [1.54, 1.807) is 0 Å². The molecule has 17 heavy (non-hydrogen) atoms. The smallest absolute Gasteiger partial charge is 0.335 e. The molecule has 0 heterocycles. The number of halogens is 3. The SMILES string of the molecule is C=CC(=O)Oc1c(O)c(CC)c(Br)c(Br)c1Br. The van der Waals surface area contributed by atoms with E-state index in [-0.39, 0.29) is 11.5 Å². The van der Waals surface area contributed by atoms with E-state index in [4.69, 9.17) is 4.74 Å². The summed E-state index contributed by atoms with van der Waals surface area (Å²) in [5, 5.41) is 10.0. The van der Waals surface area contributed by atoms with Crippen molar-refractivity contribution in [2.24, 2.45) is 0 Å². The first-order chi connectivity index (χ1) is 7.93. The Kier molecular flexibility index (Phi) is 5.22. The standard InChI is InChI=1S/C11H9Br3O3/c1-3-5-7(12)8(13)9(14)11(10(5)16)17-6(15)4-2/h4,16H,2-3H2,1H3. The van der Waals surface area contributed by atoms with Crippen LogP contribution in [0.2, 0.25) is 0 Å². The summed E-state index contributed by atoms with van der Waals surface area (Å²) in [5.41, 5.74) is 0.659. The number of hydrogen-bond acceptors (Lipinski definition) is 3. The molecular weight excluding hydrogens is 420 g/mol. The zero-order chi connectivity index (χ0) is 13.2. The van der Waals surface area contributed by atoms with Crippen LogP contribution in [-0.2, 0) is 11.2 Å². The number of carbonyl (C=O) groups excluding carboxylic acids is 1. The number of phenols is 1. The quantitative estimate of drug-likeness (QED) is 0.337. The maximum atomic E-state index is 11.2. The van der Waals surface area contributed by atoms with Gasteiger partial charge in [-0.2, -0.15) is 0 Å². The van der Waals surface area contributed by atoms with E-state index in [9.17, 15) is 9.90 Å². The number of aromatic hydroxyl groups is 1. The van der Waals surface area contributed by atoms with Gasteiger partial charge in [0.25, 0.3) is 0 Å². The molecule has 0 saturated heterocycles. The molecule has 0 amide bonds. The van der Waals surface area contributed by atoms with Crippen molar-refractivity contribution in [1.82, 2.24) is 0 Å². The Morgan fingerprint density at radius 3 is 2.41 bits per heavy atom. The maximum Gasteiger partial charge on any atom is 0.335 e. The third-order valence-electron chi connectivity index (χ3n) is 2.07. The molecule has 0 unspecified atom stereocenters. The molecule has 1 rings (SSSR count). The van der Waals surface area contributed by atoms with Gasteiger partial charge in [-0.05, 0) is 54.2 Å². The van der Waals surface area contributed by atoms with E-state index >= 15 is 0 Å². The van der Waals surface area contributed by atoms with Gasteiger partial charge < -0.3 is 9.84 Å². The fourth-order valence-electron chi connectivity index (χ4n) is 1.23. The van der Waals surface area contributed by atoms with Crippen molar-refractivity contribution in [3.8, 4) is 11.5 Å². The van der Waals surface area contributed by atoms with Crippen LogP contribution in [0.4, 0.5) is 0 Å². The Morgan fingerprint density at radius 2 is 1.94 bits per heavy atom. The molecular formula is C11H9Br3O3. The van der Waals surface area contributed by atoms with Gasteiger partial charge in [0.1, 0.15) is 0 Å². The highest BCUT2D eigenvalue weighted by atomic mass is 79.9. The van der Waals surface area contributed by atoms with Crippen molar-refractivity contribution in [1.29, 1.82) is 0 Å². The summed E-state index contributed by atoms with van der Waals surface area (Å²) in [4.78, 5) is 11.2. The van der Waals surface area contributed by atoms with Gasteiger partial charge in [-0.3, -0.25) is 0 Å². The fraction of sp³-hybridized carbons (Fsp3) is 0.182. The first-order valence-corrected chi connectivity index (χ1v) is 7.04. The van der Waals surface area contributed by atoms with Crippen LogP contribution in [0, 0.1) is 0 Å². The maximum absolute atomic E-state index is 11.2. The normalized spacial score (nSPS) is 10.1. The molecule has 0 aliphatic heterocycles. The largest absolute Gasteiger partial charge is 0.504 e. The molecule has 92 valence electrons. The number of carbonyl (C=O) groups is 1. The molecule has 1 N–H and O–H groups in total. The molecule has 1 aromatic carbocycles. The van der Waals surface area contributed by atoms with Crippen molar-refractivity contribution in [3.63, 3.8) is 0 Å². The van der Waals surface area contributed by atoms with E-state index in [1.807, 2.05) is 6.92 Å². The highest BCUT2D eigenvalue weighted by molar-refractivity contribution is 9.14. The highest BCUT2D eigenvalue weighted by Gasteiger charge is 2.21. The molecule has 1 aromatic rings. The minimum Gasteiger partial charge on any atom is -0.504 e. The Bertz CT molecular complexity index is 484. The molecule has 0 aliphatic carbocycles. The topological polar surface area (TPSA) is 46.5 Å². The van der Waals surface area contributed by atoms with Gasteiger partial charge in [0, 0.05) is 16.1 Å². The predicted octanol–water partition coefficient (Wildman–Crippen LogP) is 4.33. The van der Waals surface area contributed by atoms with Gasteiger partial charge in [-0.1, -0.05) is 13.5 Å². The van der Waals surface area contributed by atoms with Crippen LogP contribution in [0.5, 0.6) is 11.5 Å². The number of esters is 1. The summed E-state index contributed by atoms with van der Waals surface area (Å²) >= 11 is 9.96. The van der Waals surface area contributed by atoms with Gasteiger partial charge >= 0.3 is 5.97 Å². The zero-order valence-corrected chi connectivity index (χ0v) is 13.6. The lowest BCUT2D eigenvalue weighted by molar-refractivity contribution is -0.129. The van der Waals surface area contributed by atoms with Crippen molar-refractivity contribution in [2.45, 2.75) is 13.3 Å². The van der Waals surface area contributed by atoms with Gasteiger partial charge in [-0.25, -0.2) is 4.79 Å². The van der Waals surface area contributed by atoms with E-state index in [2.05, 4.69) is 54.4 Å². The second-order valence-corrected chi connectivity index (χ2v) is 5.46. The molecule has 0 fully saturated rings. The number of benzene rings is 1. The lowest BCUT2D eigenvalue weighted by Crippen LogP contribution is -2.05. The second kappa shape index (κ2) is 6.02. The van der Waals surface area contributed by atoms with E-state index in [0.29, 0.717) is 20.9 Å². The van der Waals surface area contributed by atoms with Crippen LogP contribution in [0.3, 0.4) is 0 Å². The predicted molar refractivity (Wildman–Crippen MR) is 76.4 cm³/mol. The Balaban J connectivity index is 3.44. The average Bonchev–Trinajstić information content (AvgIpc) is 2.32. The average molecular weight is 429 g/mol. The van der Waals surface area contributed by atoms with Crippen LogP contribution < -0.4 is 4.74 Å². The minimum atomic E-state index is -0.628. The summed E-state index contributed by atoms with van der Waals surface area (Å²) in [7, 11) is 0. The van der Waals surface area contributed by atoms with Crippen LogP contribution in [-0.4, -0.2) is 11.1 Å². The van der Waals surface area contributed by atoms with Crippen molar-refractivity contribution in [3.05, 3.63) is 31.6 Å². The van der Waals surface area contributed by atoms with Crippen LogP contribution in [0.25, 0.3) is 0 Å². The third-order valence-corrected chi connectivity index (χ3v) is 5.56. The Labute approximate surface area is 124 Å². The fourth-order valence-corrected chi connectivity index (χ4v) is 3.05. The van der Waals surface area contributed by atoms with Gasteiger partial charge in [0.05, 0.1) is 8.95 Å². The second-order valence-electron chi connectivity index (χ2n) is 3.08. The number of phenolic OH excluding ortho intramolecular Hbond substituents is 1. The molecule has 0 radical (unpaired) electrons. The van der Waals surface area contributed by atoms with Crippen molar-refractivity contribution in [2.75, 3.05) is 0 Å². The zero-order valence-electron chi connectivity index (χ0n) is 8.89. The van der Waals surface area contributed by atoms with Crippen LogP contribution in [0.15, 0.2) is 26.1 Å². The lowest BCUT2D eigenvalue weighted by atomic mass is 10.1. The number of ether oxygens (including phenoxy) is 1. The molecule has 0 aliphatic rings. The van der Waals surface area contributed by atoms with E-state index < -0.39 is 5.97 Å². The molecule has 0 bridgehead atoms. The molecule has 3 nitrogen and oxygen atoms in total. The summed E-state index contributed by atoms with van der Waals surface area (Å²) in [6, 6.07) is 0. The van der Waals surface area contributed by atoms with Gasteiger partial charge in [0.2, 0.25) is 0 Å². The molecule has 0 atom stereocenters. The highest BCUT2D eigenvalue weighted by Crippen LogP contribution is 2.47. The lowest BCUT2D eigenvalue weighted by Gasteiger charge is -2.14.